The molecule has 164 valence electrons. The number of fused-ring (bicyclic) bond motifs is 1. The first-order valence-corrected chi connectivity index (χ1v) is 11.8. The van der Waals surface area contributed by atoms with Gasteiger partial charge in [0, 0.05) is 35.5 Å². The highest BCUT2D eigenvalue weighted by Crippen LogP contribution is 2.29. The molecule has 31 heavy (non-hydrogen) atoms. The highest BCUT2D eigenvalue weighted by Gasteiger charge is 2.26. The van der Waals surface area contributed by atoms with E-state index in [-0.39, 0.29) is 23.8 Å². The zero-order chi connectivity index (χ0) is 22.1. The minimum atomic E-state index is -0.0488. The van der Waals surface area contributed by atoms with Crippen LogP contribution < -0.4 is 5.32 Å². The van der Waals surface area contributed by atoms with Gasteiger partial charge in [0.05, 0.1) is 17.1 Å². The van der Waals surface area contributed by atoms with Gasteiger partial charge in [-0.3, -0.25) is 14.3 Å². The number of hydrogen-bond acceptors (Lipinski definition) is 4. The average Bonchev–Trinajstić information content (AvgIpc) is 3.31. The number of hydrogen-bond donors (Lipinski definition) is 1. The molecule has 6 nitrogen and oxygen atoms in total. The van der Waals surface area contributed by atoms with Gasteiger partial charge in [-0.15, -0.1) is 11.3 Å². The fourth-order valence-corrected chi connectivity index (χ4v) is 5.15. The molecule has 3 aromatic rings. The standard InChI is InChI=1S/C23H27ClN4O2S/c1-14(2)22(30)27-10-8-18(9-11-27)25-21(29)20-12-19-15(3)26-28(23(19)31-20)13-16-4-6-17(24)7-5-16/h4-7,12,14,18H,8-11,13H2,1-3H3,(H,25,29). The maximum absolute atomic E-state index is 12.9. The number of nitrogens with one attached hydrogen (secondary N) is 1. The number of nitrogens with zero attached hydrogens (tertiary/aromatic N) is 3. The van der Waals surface area contributed by atoms with Crippen molar-refractivity contribution in [3.05, 3.63) is 51.5 Å². The van der Waals surface area contributed by atoms with E-state index in [9.17, 15) is 9.59 Å². The molecular formula is C23H27ClN4O2S. The van der Waals surface area contributed by atoms with Crippen LogP contribution >= 0.6 is 22.9 Å². The molecule has 4 rings (SSSR count). The monoisotopic (exact) mass is 458 g/mol. The Bertz CT molecular complexity index is 1090. The number of rotatable bonds is 5. The molecule has 0 unspecified atom stereocenters. The molecule has 2 amide bonds. The predicted octanol–water partition coefficient (Wildman–Crippen LogP) is 4.48. The zero-order valence-corrected chi connectivity index (χ0v) is 19.6. The van der Waals surface area contributed by atoms with Gasteiger partial charge in [0.25, 0.3) is 5.91 Å². The van der Waals surface area contributed by atoms with Crippen molar-refractivity contribution >= 4 is 45.0 Å². The van der Waals surface area contributed by atoms with E-state index in [1.165, 1.54) is 11.3 Å². The summed E-state index contributed by atoms with van der Waals surface area (Å²) >= 11 is 7.46. The average molecular weight is 459 g/mol. The molecule has 2 aromatic heterocycles. The maximum atomic E-state index is 12.9. The van der Waals surface area contributed by atoms with Gasteiger partial charge in [-0.2, -0.15) is 5.10 Å². The Balaban J connectivity index is 1.43. The number of amides is 2. The number of thiophene rings is 1. The number of carbonyl (C=O) groups is 2. The minimum absolute atomic E-state index is 0.0142. The van der Waals surface area contributed by atoms with Crippen LogP contribution in [0.1, 0.15) is 47.6 Å². The van der Waals surface area contributed by atoms with E-state index in [2.05, 4.69) is 10.4 Å². The quantitative estimate of drug-likeness (QED) is 0.612. The summed E-state index contributed by atoms with van der Waals surface area (Å²) in [6.07, 6.45) is 1.58. The summed E-state index contributed by atoms with van der Waals surface area (Å²) in [6, 6.07) is 9.76. The highest BCUT2D eigenvalue weighted by atomic mass is 35.5. The van der Waals surface area contributed by atoms with Crippen molar-refractivity contribution in [2.45, 2.75) is 46.2 Å². The molecule has 0 aliphatic carbocycles. The third kappa shape index (κ3) is 4.77. The number of aryl methyl sites for hydroxylation is 1. The molecule has 1 N–H and O–H groups in total. The lowest BCUT2D eigenvalue weighted by Gasteiger charge is -2.33. The molecule has 0 saturated carbocycles. The Kier molecular flexibility index (Phi) is 6.34. The fraction of sp³-hybridized carbons (Fsp3) is 0.435. The van der Waals surface area contributed by atoms with Crippen molar-refractivity contribution in [3.8, 4) is 0 Å². The number of carbonyl (C=O) groups excluding carboxylic acids is 2. The van der Waals surface area contributed by atoms with Gasteiger partial charge in [-0.05, 0) is 43.5 Å². The number of piperidine rings is 1. The van der Waals surface area contributed by atoms with E-state index >= 15 is 0 Å². The van der Waals surface area contributed by atoms with Crippen molar-refractivity contribution in [2.24, 2.45) is 5.92 Å². The minimum Gasteiger partial charge on any atom is -0.348 e. The first-order chi connectivity index (χ1) is 14.8. The molecule has 1 aromatic carbocycles. The van der Waals surface area contributed by atoms with Crippen LogP contribution in [0.25, 0.3) is 10.2 Å². The second kappa shape index (κ2) is 9.01. The lowest BCUT2D eigenvalue weighted by Crippen LogP contribution is -2.47. The van der Waals surface area contributed by atoms with E-state index in [1.54, 1.807) is 0 Å². The van der Waals surface area contributed by atoms with Crippen molar-refractivity contribution in [1.82, 2.24) is 20.0 Å². The highest BCUT2D eigenvalue weighted by molar-refractivity contribution is 7.20. The first kappa shape index (κ1) is 21.8. The summed E-state index contributed by atoms with van der Waals surface area (Å²) in [5.74, 6) is 0.155. The van der Waals surface area contributed by atoms with Crippen LogP contribution in [-0.4, -0.2) is 45.6 Å². The molecule has 1 saturated heterocycles. The molecule has 0 radical (unpaired) electrons. The van der Waals surface area contributed by atoms with Crippen LogP contribution in [0.4, 0.5) is 0 Å². The lowest BCUT2D eigenvalue weighted by molar-refractivity contribution is -0.135. The summed E-state index contributed by atoms with van der Waals surface area (Å²) in [5.41, 5.74) is 2.02. The van der Waals surface area contributed by atoms with Crippen LogP contribution in [0.5, 0.6) is 0 Å². The van der Waals surface area contributed by atoms with Crippen LogP contribution in [0.3, 0.4) is 0 Å². The Morgan fingerprint density at radius 1 is 1.23 bits per heavy atom. The molecule has 0 spiro atoms. The topological polar surface area (TPSA) is 67.2 Å². The fourth-order valence-electron chi connectivity index (χ4n) is 3.96. The number of likely N-dealkylation sites (tertiary alicyclic amines) is 1. The van der Waals surface area contributed by atoms with E-state index in [0.717, 1.165) is 34.3 Å². The summed E-state index contributed by atoms with van der Waals surface area (Å²) < 4.78 is 1.95. The van der Waals surface area contributed by atoms with E-state index in [1.807, 2.05) is 60.7 Å². The molecule has 3 heterocycles. The van der Waals surface area contributed by atoms with E-state index in [4.69, 9.17) is 11.6 Å². The van der Waals surface area contributed by atoms with Crippen LogP contribution in [0.15, 0.2) is 30.3 Å². The number of halogens is 1. The predicted molar refractivity (Wildman–Crippen MR) is 125 cm³/mol. The van der Waals surface area contributed by atoms with Crippen molar-refractivity contribution in [2.75, 3.05) is 13.1 Å². The van der Waals surface area contributed by atoms with Gasteiger partial charge in [-0.25, -0.2) is 0 Å². The molecular weight excluding hydrogens is 432 g/mol. The second-order valence-electron chi connectivity index (χ2n) is 8.43. The molecule has 1 aliphatic rings. The number of aromatic nitrogens is 2. The van der Waals surface area contributed by atoms with Gasteiger partial charge in [-0.1, -0.05) is 37.6 Å². The van der Waals surface area contributed by atoms with Crippen molar-refractivity contribution in [3.63, 3.8) is 0 Å². The molecule has 8 heteroatoms. The molecule has 0 bridgehead atoms. The van der Waals surface area contributed by atoms with Gasteiger partial charge >= 0.3 is 0 Å². The molecule has 0 atom stereocenters. The lowest BCUT2D eigenvalue weighted by atomic mass is 10.0. The SMILES string of the molecule is Cc1nn(Cc2ccc(Cl)cc2)c2sc(C(=O)NC3CCN(C(=O)C(C)C)CC3)cc12. The Morgan fingerprint density at radius 2 is 1.90 bits per heavy atom. The van der Waals surface area contributed by atoms with E-state index in [0.29, 0.717) is 29.5 Å². The van der Waals surface area contributed by atoms with Crippen LogP contribution in [0.2, 0.25) is 5.02 Å². The van der Waals surface area contributed by atoms with Gasteiger partial charge in [0.15, 0.2) is 0 Å². The van der Waals surface area contributed by atoms with Crippen molar-refractivity contribution in [1.29, 1.82) is 0 Å². The normalized spacial score (nSPS) is 15.1. The van der Waals surface area contributed by atoms with Gasteiger partial charge in [0.2, 0.25) is 5.91 Å². The van der Waals surface area contributed by atoms with Crippen molar-refractivity contribution < 1.29 is 9.59 Å². The van der Waals surface area contributed by atoms with Crippen LogP contribution in [-0.2, 0) is 11.3 Å². The summed E-state index contributed by atoms with van der Waals surface area (Å²) in [5, 5.41) is 9.53. The summed E-state index contributed by atoms with van der Waals surface area (Å²) in [7, 11) is 0. The van der Waals surface area contributed by atoms with E-state index < -0.39 is 0 Å². The Morgan fingerprint density at radius 3 is 2.55 bits per heavy atom. The second-order valence-corrected chi connectivity index (χ2v) is 9.89. The van der Waals surface area contributed by atoms with Gasteiger partial charge < -0.3 is 10.2 Å². The first-order valence-electron chi connectivity index (χ1n) is 10.6. The molecule has 1 fully saturated rings. The Labute approximate surface area is 191 Å². The maximum Gasteiger partial charge on any atom is 0.261 e. The molecule has 1 aliphatic heterocycles. The van der Waals surface area contributed by atoms with Crippen LogP contribution in [0, 0.1) is 12.8 Å². The largest absolute Gasteiger partial charge is 0.348 e. The zero-order valence-electron chi connectivity index (χ0n) is 18.0. The van der Waals surface area contributed by atoms with Gasteiger partial charge in [0.1, 0.15) is 4.83 Å². The summed E-state index contributed by atoms with van der Waals surface area (Å²) in [6.45, 7) is 7.84. The summed E-state index contributed by atoms with van der Waals surface area (Å²) in [4.78, 5) is 28.6. The Hall–Kier alpha value is -2.38. The number of benzene rings is 1. The third-order valence-electron chi connectivity index (χ3n) is 5.71. The smallest absolute Gasteiger partial charge is 0.261 e. The third-order valence-corrected chi connectivity index (χ3v) is 7.11.